The fourth-order valence-corrected chi connectivity index (χ4v) is 2.49. The largest absolute Gasteiger partial charge is 0.349 e. The normalized spacial score (nSPS) is 12.5. The quantitative estimate of drug-likeness (QED) is 0.251. The topological polar surface area (TPSA) is 73.5 Å². The highest BCUT2D eigenvalue weighted by Crippen LogP contribution is 1.94. The first kappa shape index (κ1) is 26.8. The molecule has 0 saturated heterocycles. The molecule has 0 aromatic heterocycles. The van der Waals surface area contributed by atoms with Gasteiger partial charge in [0.1, 0.15) is 0 Å². The monoisotopic (exact) mass is 402 g/mol. The molecule has 0 fully saturated rings. The molecule has 0 aliphatic carbocycles. The van der Waals surface area contributed by atoms with Gasteiger partial charge in [-0.05, 0) is 13.0 Å². The Balaban J connectivity index is 4.46. The van der Waals surface area contributed by atoms with Gasteiger partial charge in [0.25, 0.3) is 0 Å². The van der Waals surface area contributed by atoms with Gasteiger partial charge in [0.2, 0.25) is 11.8 Å². The van der Waals surface area contributed by atoms with E-state index in [1.165, 1.54) is 0 Å². The van der Waals surface area contributed by atoms with E-state index in [9.17, 15) is 9.59 Å². The van der Waals surface area contributed by atoms with Gasteiger partial charge in [-0.25, -0.2) is 0 Å². The Hall–Kier alpha value is -1.22. The summed E-state index contributed by atoms with van der Waals surface area (Å²) in [4.78, 5) is 26.5. The Bertz CT molecular complexity index is 421. The third-order valence-electron chi connectivity index (χ3n) is 4.15. The minimum Gasteiger partial charge on any atom is -0.349 e. The van der Waals surface area contributed by atoms with Crippen LogP contribution in [0.2, 0.25) is 0 Å². The van der Waals surface area contributed by atoms with E-state index in [4.69, 9.17) is 0 Å². The maximum atomic E-state index is 12.3. The number of likely N-dealkylation sites (N-methyl/N-ethyl adjacent to an activating group) is 2. The van der Waals surface area contributed by atoms with Crippen LogP contribution >= 0.6 is 0 Å². The molecule has 3 N–H and O–H groups in total. The van der Waals surface area contributed by atoms with Crippen LogP contribution in [0.15, 0.2) is 0 Å². The van der Waals surface area contributed by atoms with Crippen LogP contribution in [0.1, 0.15) is 20.3 Å². The number of quaternary nitrogens is 2. The Kier molecular flexibility index (Phi) is 12.5. The lowest BCUT2D eigenvalue weighted by atomic mass is 10.3. The summed E-state index contributed by atoms with van der Waals surface area (Å²) in [6.07, 6.45) is 0.899. The van der Waals surface area contributed by atoms with Crippen molar-refractivity contribution in [3.05, 3.63) is 0 Å². The molecule has 8 heteroatoms. The third-order valence-corrected chi connectivity index (χ3v) is 4.15. The van der Waals surface area contributed by atoms with E-state index in [0.717, 1.165) is 35.0 Å². The van der Waals surface area contributed by atoms with E-state index in [-0.39, 0.29) is 24.9 Å². The van der Waals surface area contributed by atoms with Crippen LogP contribution in [-0.4, -0.2) is 126 Å². The molecule has 0 aliphatic rings. The fourth-order valence-electron chi connectivity index (χ4n) is 2.49. The summed E-state index contributed by atoms with van der Waals surface area (Å²) >= 11 is 0. The number of carbonyl (C=O) groups is 2. The zero-order chi connectivity index (χ0) is 21.8. The molecule has 0 aromatic carbocycles. The number of nitrogens with zero attached hydrogens (tertiary/aromatic N) is 3. The highest BCUT2D eigenvalue weighted by molar-refractivity contribution is 5.81. The molecule has 0 unspecified atom stereocenters. The van der Waals surface area contributed by atoms with Gasteiger partial charge in [0.15, 0.2) is 0 Å². The van der Waals surface area contributed by atoms with Gasteiger partial charge in [0, 0.05) is 12.6 Å². The first-order chi connectivity index (χ1) is 12.8. The third kappa shape index (κ3) is 18.2. The standard InChI is InChI=1S/C20H44N6O2/c1-18(2)21-10-9-13-24(16-19(27)22-11-14-25(3,4)5)17-20(28)23-12-15-26(6,7)8/h18,21H,9-17H2,1-8H3/p+2. The van der Waals surface area contributed by atoms with Crippen LogP contribution in [0.3, 0.4) is 0 Å². The molecule has 8 nitrogen and oxygen atoms in total. The number of rotatable bonds is 15. The van der Waals surface area contributed by atoms with E-state index in [1.54, 1.807) is 0 Å². The molecule has 0 aliphatic heterocycles. The van der Waals surface area contributed by atoms with Crippen LogP contribution in [-0.2, 0) is 9.59 Å². The van der Waals surface area contributed by atoms with Gasteiger partial charge in [-0.15, -0.1) is 0 Å². The lowest BCUT2D eigenvalue weighted by molar-refractivity contribution is -0.869. The van der Waals surface area contributed by atoms with Crippen molar-refractivity contribution in [2.24, 2.45) is 0 Å². The summed E-state index contributed by atoms with van der Waals surface area (Å²) in [5.74, 6) is -0.0474. The van der Waals surface area contributed by atoms with Crippen LogP contribution in [0.5, 0.6) is 0 Å². The van der Waals surface area contributed by atoms with Crippen molar-refractivity contribution in [3.63, 3.8) is 0 Å². The summed E-state index contributed by atoms with van der Waals surface area (Å²) in [5.41, 5.74) is 0. The zero-order valence-electron chi connectivity index (χ0n) is 19.6. The van der Waals surface area contributed by atoms with E-state index >= 15 is 0 Å². The number of amides is 2. The highest BCUT2D eigenvalue weighted by Gasteiger charge is 2.16. The van der Waals surface area contributed by atoms with Gasteiger partial charge < -0.3 is 24.9 Å². The van der Waals surface area contributed by atoms with E-state index < -0.39 is 0 Å². The Labute approximate surface area is 172 Å². The predicted octanol–water partition coefficient (Wildman–Crippen LogP) is -0.679. The minimum absolute atomic E-state index is 0.0237. The minimum atomic E-state index is -0.0237. The summed E-state index contributed by atoms with van der Waals surface area (Å²) < 4.78 is 1.61. The van der Waals surface area contributed by atoms with Crippen molar-refractivity contribution < 1.29 is 18.6 Å². The Morgan fingerprint density at radius 1 is 0.786 bits per heavy atom. The van der Waals surface area contributed by atoms with Crippen LogP contribution in [0, 0.1) is 0 Å². The first-order valence-corrected chi connectivity index (χ1v) is 10.4. The number of hydrogen-bond donors (Lipinski definition) is 3. The van der Waals surface area contributed by atoms with Gasteiger partial charge in [-0.1, -0.05) is 13.8 Å². The van der Waals surface area contributed by atoms with Crippen LogP contribution in [0.25, 0.3) is 0 Å². The predicted molar refractivity (Wildman–Crippen MR) is 116 cm³/mol. The van der Waals surface area contributed by atoms with Gasteiger partial charge in [-0.2, -0.15) is 0 Å². The second-order valence-corrected chi connectivity index (χ2v) is 9.90. The second kappa shape index (κ2) is 13.1. The maximum absolute atomic E-state index is 12.3. The van der Waals surface area contributed by atoms with Crippen molar-refractivity contribution in [2.45, 2.75) is 26.3 Å². The average molecular weight is 403 g/mol. The molecule has 0 radical (unpaired) electrons. The zero-order valence-corrected chi connectivity index (χ0v) is 19.6. The highest BCUT2D eigenvalue weighted by atomic mass is 16.2. The van der Waals surface area contributed by atoms with Gasteiger partial charge >= 0.3 is 0 Å². The average Bonchev–Trinajstić information content (AvgIpc) is 2.48. The van der Waals surface area contributed by atoms with Crippen molar-refractivity contribution in [3.8, 4) is 0 Å². The van der Waals surface area contributed by atoms with E-state index in [1.807, 2.05) is 4.90 Å². The SMILES string of the molecule is CC(C)NCCCN(CC(=O)NCC[N+](C)(C)C)CC(=O)NCC[N+](C)(C)C. The molecule has 0 atom stereocenters. The first-order valence-electron chi connectivity index (χ1n) is 10.4. The summed E-state index contributed by atoms with van der Waals surface area (Å²) in [6.45, 7) is 9.34. The van der Waals surface area contributed by atoms with Gasteiger partial charge in [0.05, 0.1) is 81.6 Å². The molecule has 2 amide bonds. The molecule has 166 valence electrons. The molecule has 0 bridgehead atoms. The molecule has 0 saturated carbocycles. The van der Waals surface area contributed by atoms with Crippen molar-refractivity contribution in [1.82, 2.24) is 20.9 Å². The fraction of sp³-hybridized carbons (Fsp3) is 0.900. The van der Waals surface area contributed by atoms with E-state index in [2.05, 4.69) is 72.1 Å². The Morgan fingerprint density at radius 3 is 1.57 bits per heavy atom. The van der Waals surface area contributed by atoms with E-state index in [0.29, 0.717) is 25.7 Å². The molecular formula is C20H46N6O2+2. The van der Waals surface area contributed by atoms with Crippen molar-refractivity contribution in [1.29, 1.82) is 0 Å². The smallest absolute Gasteiger partial charge is 0.234 e. The van der Waals surface area contributed by atoms with Crippen LogP contribution < -0.4 is 16.0 Å². The molecular weight excluding hydrogens is 356 g/mol. The van der Waals surface area contributed by atoms with Crippen LogP contribution in [0.4, 0.5) is 0 Å². The Morgan fingerprint density at radius 2 is 1.21 bits per heavy atom. The number of hydrogen-bond acceptors (Lipinski definition) is 4. The second-order valence-electron chi connectivity index (χ2n) is 9.90. The maximum Gasteiger partial charge on any atom is 0.234 e. The number of carbonyl (C=O) groups excluding carboxylic acids is 2. The summed E-state index contributed by atoms with van der Waals surface area (Å²) in [7, 11) is 12.6. The molecule has 28 heavy (non-hydrogen) atoms. The number of nitrogens with one attached hydrogen (secondary N) is 3. The summed E-state index contributed by atoms with van der Waals surface area (Å²) in [6, 6.07) is 0.436. The molecule has 0 aromatic rings. The molecule has 0 spiro atoms. The summed E-state index contributed by atoms with van der Waals surface area (Å²) in [5, 5.41) is 9.31. The lowest BCUT2D eigenvalue weighted by Gasteiger charge is -2.25. The lowest BCUT2D eigenvalue weighted by Crippen LogP contribution is -2.47. The molecule has 0 heterocycles. The molecule has 0 rings (SSSR count). The van der Waals surface area contributed by atoms with Crippen molar-refractivity contribution in [2.75, 3.05) is 94.6 Å². The van der Waals surface area contributed by atoms with Gasteiger partial charge in [-0.3, -0.25) is 14.5 Å². The van der Waals surface area contributed by atoms with Crippen molar-refractivity contribution >= 4 is 11.8 Å².